The number of hydrogen-bond donors (Lipinski definition) is 1. The largest absolute Gasteiger partial charge is 0.380 e. The van der Waals surface area contributed by atoms with Crippen molar-refractivity contribution in [3.05, 3.63) is 23.0 Å². The van der Waals surface area contributed by atoms with Crippen LogP contribution in [-0.4, -0.2) is 23.7 Å². The van der Waals surface area contributed by atoms with E-state index < -0.39 is 0 Å². The van der Waals surface area contributed by atoms with Crippen LogP contribution >= 0.6 is 11.6 Å². The number of halogens is 1. The number of nitrogens with zero attached hydrogens (tertiary/aromatic N) is 1. The Bertz CT molecular complexity index is 409. The van der Waals surface area contributed by atoms with Crippen LogP contribution in [0.2, 0.25) is 5.15 Å². The Kier molecular flexibility index (Phi) is 4.46. The van der Waals surface area contributed by atoms with Gasteiger partial charge in [0.2, 0.25) is 0 Å². The molecule has 2 unspecified atom stereocenters. The molecule has 2 atom stereocenters. The lowest BCUT2D eigenvalue weighted by molar-refractivity contribution is -0.0160. The molecule has 0 aromatic carbocycles. The Morgan fingerprint density at radius 2 is 2.28 bits per heavy atom. The molecular formula is C14H21ClN2O. The molecule has 1 aromatic rings. The van der Waals surface area contributed by atoms with Crippen LogP contribution in [0.3, 0.4) is 0 Å². The van der Waals surface area contributed by atoms with Gasteiger partial charge in [-0.05, 0) is 37.3 Å². The summed E-state index contributed by atoms with van der Waals surface area (Å²) in [5, 5.41) is 4.05. The van der Waals surface area contributed by atoms with E-state index in [9.17, 15) is 0 Å². The Morgan fingerprint density at radius 1 is 1.50 bits per heavy atom. The standard InChI is InChI=1S/C14H21ClN2O/c1-9(2)13-7-11(4-5-18-13)17-12-6-10(3)8-16-14(12)15/h6,8-9,11,13,17H,4-5,7H2,1-3H3. The van der Waals surface area contributed by atoms with Crippen LogP contribution in [0.25, 0.3) is 0 Å². The molecule has 1 aliphatic heterocycles. The Labute approximate surface area is 114 Å². The van der Waals surface area contributed by atoms with Crippen LogP contribution < -0.4 is 5.32 Å². The minimum absolute atomic E-state index is 0.341. The van der Waals surface area contributed by atoms with Crippen LogP contribution in [0.15, 0.2) is 12.3 Å². The molecule has 0 amide bonds. The molecule has 100 valence electrons. The number of nitrogens with one attached hydrogen (secondary N) is 1. The zero-order valence-corrected chi connectivity index (χ0v) is 12.0. The van der Waals surface area contributed by atoms with Gasteiger partial charge in [0.15, 0.2) is 5.15 Å². The summed E-state index contributed by atoms with van der Waals surface area (Å²) in [5.41, 5.74) is 2.06. The van der Waals surface area contributed by atoms with Crippen molar-refractivity contribution in [1.29, 1.82) is 0 Å². The molecule has 2 rings (SSSR count). The van der Waals surface area contributed by atoms with Crippen molar-refractivity contribution in [1.82, 2.24) is 4.98 Å². The highest BCUT2D eigenvalue weighted by atomic mass is 35.5. The summed E-state index contributed by atoms with van der Waals surface area (Å²) in [7, 11) is 0. The van der Waals surface area contributed by atoms with Crippen molar-refractivity contribution < 1.29 is 4.74 Å². The van der Waals surface area contributed by atoms with Crippen molar-refractivity contribution in [2.24, 2.45) is 5.92 Å². The molecule has 4 heteroatoms. The van der Waals surface area contributed by atoms with Crippen molar-refractivity contribution in [2.75, 3.05) is 11.9 Å². The second-order valence-electron chi connectivity index (χ2n) is 5.37. The predicted octanol–water partition coefficient (Wildman–Crippen LogP) is 3.66. The predicted molar refractivity (Wildman–Crippen MR) is 75.2 cm³/mol. The Hall–Kier alpha value is -0.800. The first kappa shape index (κ1) is 13.6. The average Bonchev–Trinajstić information content (AvgIpc) is 2.34. The molecule has 0 aliphatic carbocycles. The summed E-state index contributed by atoms with van der Waals surface area (Å²) >= 11 is 6.11. The monoisotopic (exact) mass is 268 g/mol. The highest BCUT2D eigenvalue weighted by Gasteiger charge is 2.25. The average molecular weight is 269 g/mol. The summed E-state index contributed by atoms with van der Waals surface area (Å²) in [6.45, 7) is 7.25. The first-order chi connectivity index (χ1) is 8.56. The van der Waals surface area contributed by atoms with E-state index in [4.69, 9.17) is 16.3 Å². The molecular weight excluding hydrogens is 248 g/mol. The number of pyridine rings is 1. The maximum Gasteiger partial charge on any atom is 0.152 e. The highest BCUT2D eigenvalue weighted by Crippen LogP contribution is 2.26. The summed E-state index contributed by atoms with van der Waals surface area (Å²) in [6.07, 6.45) is 4.18. The van der Waals surface area contributed by atoms with Gasteiger partial charge in [-0.3, -0.25) is 0 Å². The second-order valence-corrected chi connectivity index (χ2v) is 5.73. The first-order valence-electron chi connectivity index (χ1n) is 6.56. The molecule has 0 saturated carbocycles. The quantitative estimate of drug-likeness (QED) is 0.850. The van der Waals surface area contributed by atoms with Crippen molar-refractivity contribution >= 4 is 17.3 Å². The van der Waals surface area contributed by atoms with Gasteiger partial charge in [-0.15, -0.1) is 0 Å². The van der Waals surface area contributed by atoms with E-state index in [1.807, 2.05) is 6.92 Å². The number of rotatable bonds is 3. The normalized spacial score (nSPS) is 24.3. The van der Waals surface area contributed by atoms with Gasteiger partial charge >= 0.3 is 0 Å². The minimum Gasteiger partial charge on any atom is -0.380 e. The van der Waals surface area contributed by atoms with Crippen LogP contribution in [0, 0.1) is 12.8 Å². The SMILES string of the molecule is Cc1cnc(Cl)c(NC2CCOC(C(C)C)C2)c1. The Balaban J connectivity index is 2.02. The summed E-state index contributed by atoms with van der Waals surface area (Å²) in [5.74, 6) is 0.556. The van der Waals surface area contributed by atoms with Gasteiger partial charge in [0, 0.05) is 18.8 Å². The fraction of sp³-hybridized carbons (Fsp3) is 0.643. The molecule has 1 N–H and O–H groups in total. The smallest absolute Gasteiger partial charge is 0.152 e. The highest BCUT2D eigenvalue weighted by molar-refractivity contribution is 6.31. The molecule has 0 spiro atoms. The van der Waals surface area contributed by atoms with Gasteiger partial charge in [0.25, 0.3) is 0 Å². The third kappa shape index (κ3) is 3.36. The van der Waals surface area contributed by atoms with E-state index in [-0.39, 0.29) is 0 Å². The van der Waals surface area contributed by atoms with Crippen LogP contribution in [0.5, 0.6) is 0 Å². The molecule has 1 fully saturated rings. The number of hydrogen-bond acceptors (Lipinski definition) is 3. The second kappa shape index (κ2) is 5.89. The van der Waals surface area contributed by atoms with Crippen LogP contribution in [0.1, 0.15) is 32.3 Å². The number of ether oxygens (including phenoxy) is 1. The number of aryl methyl sites for hydroxylation is 1. The lowest BCUT2D eigenvalue weighted by atomic mass is 9.95. The molecule has 0 bridgehead atoms. The zero-order chi connectivity index (χ0) is 13.1. The summed E-state index contributed by atoms with van der Waals surface area (Å²) in [4.78, 5) is 4.17. The zero-order valence-electron chi connectivity index (χ0n) is 11.2. The number of aromatic nitrogens is 1. The van der Waals surface area contributed by atoms with E-state index in [1.54, 1.807) is 6.20 Å². The summed E-state index contributed by atoms with van der Waals surface area (Å²) in [6, 6.07) is 2.47. The van der Waals surface area contributed by atoms with E-state index in [2.05, 4.69) is 30.2 Å². The summed E-state index contributed by atoms with van der Waals surface area (Å²) < 4.78 is 5.77. The third-order valence-corrected chi connectivity index (χ3v) is 3.70. The minimum atomic E-state index is 0.341. The van der Waals surface area contributed by atoms with E-state index in [0.717, 1.165) is 30.7 Å². The molecule has 1 aliphatic rings. The maximum absolute atomic E-state index is 6.11. The van der Waals surface area contributed by atoms with E-state index >= 15 is 0 Å². The van der Waals surface area contributed by atoms with E-state index in [0.29, 0.717) is 23.2 Å². The van der Waals surface area contributed by atoms with Crippen molar-refractivity contribution in [2.45, 2.75) is 45.8 Å². The van der Waals surface area contributed by atoms with Gasteiger partial charge in [-0.25, -0.2) is 4.98 Å². The molecule has 0 radical (unpaired) electrons. The van der Waals surface area contributed by atoms with Crippen molar-refractivity contribution in [3.63, 3.8) is 0 Å². The maximum atomic E-state index is 6.11. The molecule has 3 nitrogen and oxygen atoms in total. The molecule has 2 heterocycles. The van der Waals surface area contributed by atoms with Gasteiger partial charge in [0.1, 0.15) is 0 Å². The lowest BCUT2D eigenvalue weighted by Crippen LogP contribution is -2.36. The first-order valence-corrected chi connectivity index (χ1v) is 6.94. The topological polar surface area (TPSA) is 34.2 Å². The number of anilines is 1. The Morgan fingerprint density at radius 3 is 3.00 bits per heavy atom. The molecule has 1 saturated heterocycles. The van der Waals surface area contributed by atoms with Gasteiger partial charge in [0.05, 0.1) is 11.8 Å². The molecule has 18 heavy (non-hydrogen) atoms. The van der Waals surface area contributed by atoms with Crippen molar-refractivity contribution in [3.8, 4) is 0 Å². The van der Waals surface area contributed by atoms with Gasteiger partial charge in [-0.2, -0.15) is 0 Å². The third-order valence-electron chi connectivity index (χ3n) is 3.39. The van der Waals surface area contributed by atoms with Gasteiger partial charge in [-0.1, -0.05) is 25.4 Å². The molecule has 1 aromatic heterocycles. The van der Waals surface area contributed by atoms with Gasteiger partial charge < -0.3 is 10.1 Å². The fourth-order valence-electron chi connectivity index (χ4n) is 2.30. The lowest BCUT2D eigenvalue weighted by Gasteiger charge is -2.33. The fourth-order valence-corrected chi connectivity index (χ4v) is 2.46. The van der Waals surface area contributed by atoms with Crippen LogP contribution in [0.4, 0.5) is 5.69 Å². The van der Waals surface area contributed by atoms with E-state index in [1.165, 1.54) is 0 Å². The van der Waals surface area contributed by atoms with Crippen LogP contribution in [-0.2, 0) is 4.74 Å².